The zero-order valence-corrected chi connectivity index (χ0v) is 14.5. The normalized spacial score (nSPS) is 25.2. The van der Waals surface area contributed by atoms with Crippen molar-refractivity contribution < 1.29 is 9.47 Å². The van der Waals surface area contributed by atoms with Crippen LogP contribution in [0.25, 0.3) is 6.08 Å². The number of rotatable bonds is 6. The van der Waals surface area contributed by atoms with Crippen LogP contribution in [0.5, 0.6) is 0 Å². The highest BCUT2D eigenvalue weighted by atomic mass is 16.7. The number of hydrogen-bond donors (Lipinski definition) is 0. The largest absolute Gasteiger partial charge is 0.348 e. The minimum absolute atomic E-state index is 0.0811. The third-order valence-corrected chi connectivity index (χ3v) is 4.56. The minimum Gasteiger partial charge on any atom is -0.348 e. The van der Waals surface area contributed by atoms with Gasteiger partial charge in [0.15, 0.2) is 6.29 Å². The molecule has 1 aliphatic heterocycles. The topological polar surface area (TPSA) is 18.5 Å². The second-order valence-electron chi connectivity index (χ2n) is 7.00. The third-order valence-electron chi connectivity index (χ3n) is 4.56. The monoisotopic (exact) mass is 302 g/mol. The molecule has 2 heteroatoms. The molecule has 1 aliphatic rings. The van der Waals surface area contributed by atoms with Gasteiger partial charge in [0.25, 0.3) is 0 Å². The SMILES string of the molecule is CCCCC/C(=C\c1ccccc1)C1OCC(C)(C)C(C)O1. The Hall–Kier alpha value is -1.12. The maximum absolute atomic E-state index is 6.18. The number of hydrogen-bond acceptors (Lipinski definition) is 2. The predicted octanol–water partition coefficient (Wildman–Crippen LogP) is 5.44. The molecule has 0 N–H and O–H groups in total. The molecule has 0 aliphatic carbocycles. The highest BCUT2D eigenvalue weighted by Gasteiger charge is 2.36. The van der Waals surface area contributed by atoms with Crippen molar-refractivity contribution in [2.75, 3.05) is 6.61 Å². The van der Waals surface area contributed by atoms with Gasteiger partial charge in [-0.05, 0) is 30.9 Å². The average Bonchev–Trinajstić information content (AvgIpc) is 2.50. The second-order valence-corrected chi connectivity index (χ2v) is 7.00. The third kappa shape index (κ3) is 4.69. The fraction of sp³-hybridized carbons (Fsp3) is 0.600. The van der Waals surface area contributed by atoms with Crippen molar-refractivity contribution in [3.8, 4) is 0 Å². The van der Waals surface area contributed by atoms with E-state index in [1.165, 1.54) is 30.4 Å². The molecule has 22 heavy (non-hydrogen) atoms. The van der Waals surface area contributed by atoms with E-state index in [1.807, 2.05) is 6.07 Å². The van der Waals surface area contributed by atoms with Gasteiger partial charge >= 0.3 is 0 Å². The Balaban J connectivity index is 2.12. The van der Waals surface area contributed by atoms with Crippen molar-refractivity contribution in [2.45, 2.75) is 65.8 Å². The Morgan fingerprint density at radius 3 is 2.59 bits per heavy atom. The molecule has 0 radical (unpaired) electrons. The molecule has 2 nitrogen and oxygen atoms in total. The van der Waals surface area contributed by atoms with E-state index >= 15 is 0 Å². The van der Waals surface area contributed by atoms with Crippen molar-refractivity contribution in [3.63, 3.8) is 0 Å². The quantitative estimate of drug-likeness (QED) is 0.652. The van der Waals surface area contributed by atoms with Crippen LogP contribution < -0.4 is 0 Å². The van der Waals surface area contributed by atoms with Crippen LogP contribution in [0.3, 0.4) is 0 Å². The maximum Gasteiger partial charge on any atom is 0.180 e. The van der Waals surface area contributed by atoms with Gasteiger partial charge in [-0.1, -0.05) is 70.0 Å². The first-order chi connectivity index (χ1) is 10.5. The summed E-state index contributed by atoms with van der Waals surface area (Å²) in [6, 6.07) is 10.5. The van der Waals surface area contributed by atoms with E-state index in [0.717, 1.165) is 13.0 Å². The van der Waals surface area contributed by atoms with Crippen LogP contribution in [0.2, 0.25) is 0 Å². The van der Waals surface area contributed by atoms with E-state index in [-0.39, 0.29) is 17.8 Å². The van der Waals surface area contributed by atoms with Crippen LogP contribution in [0.1, 0.15) is 58.9 Å². The van der Waals surface area contributed by atoms with Gasteiger partial charge in [-0.25, -0.2) is 0 Å². The molecule has 0 saturated carbocycles. The molecular weight excluding hydrogens is 272 g/mol. The van der Waals surface area contributed by atoms with Crippen molar-refractivity contribution in [1.29, 1.82) is 0 Å². The fourth-order valence-electron chi connectivity index (χ4n) is 2.61. The van der Waals surface area contributed by atoms with Gasteiger partial charge in [-0.15, -0.1) is 0 Å². The lowest BCUT2D eigenvalue weighted by atomic mass is 9.87. The van der Waals surface area contributed by atoms with E-state index in [1.54, 1.807) is 0 Å². The maximum atomic E-state index is 6.18. The van der Waals surface area contributed by atoms with Crippen molar-refractivity contribution in [1.82, 2.24) is 0 Å². The fourth-order valence-corrected chi connectivity index (χ4v) is 2.61. The number of benzene rings is 1. The molecule has 122 valence electrons. The van der Waals surface area contributed by atoms with Gasteiger partial charge in [0.1, 0.15) is 0 Å². The van der Waals surface area contributed by atoms with Crippen molar-refractivity contribution >= 4 is 6.08 Å². The lowest BCUT2D eigenvalue weighted by molar-refractivity contribution is -0.238. The molecule has 1 heterocycles. The van der Waals surface area contributed by atoms with E-state index in [2.05, 4.69) is 58.0 Å². The summed E-state index contributed by atoms with van der Waals surface area (Å²) in [5, 5.41) is 0. The highest BCUT2D eigenvalue weighted by Crippen LogP contribution is 2.33. The summed E-state index contributed by atoms with van der Waals surface area (Å²) in [7, 11) is 0. The molecule has 0 amide bonds. The molecule has 1 aromatic rings. The molecule has 0 aromatic heterocycles. The Labute approximate surface area is 135 Å². The molecular formula is C20H30O2. The average molecular weight is 302 g/mol. The molecule has 0 spiro atoms. The minimum atomic E-state index is -0.194. The van der Waals surface area contributed by atoms with Gasteiger partial charge in [-0.3, -0.25) is 0 Å². The Kier molecular flexibility index (Phi) is 6.22. The second kappa shape index (κ2) is 7.94. The van der Waals surface area contributed by atoms with Crippen LogP contribution in [0.15, 0.2) is 35.9 Å². The smallest absolute Gasteiger partial charge is 0.180 e. The zero-order chi connectivity index (χ0) is 16.0. The summed E-state index contributed by atoms with van der Waals surface area (Å²) in [5.74, 6) is 0. The van der Waals surface area contributed by atoms with E-state index in [9.17, 15) is 0 Å². The number of unbranched alkanes of at least 4 members (excludes halogenated alkanes) is 2. The zero-order valence-electron chi connectivity index (χ0n) is 14.5. The van der Waals surface area contributed by atoms with Crippen LogP contribution in [-0.4, -0.2) is 19.0 Å². The van der Waals surface area contributed by atoms with Gasteiger partial charge in [0.05, 0.1) is 12.7 Å². The summed E-state index contributed by atoms with van der Waals surface area (Å²) in [6.07, 6.45) is 6.97. The molecule has 2 rings (SSSR count). The predicted molar refractivity (Wildman–Crippen MR) is 92.6 cm³/mol. The Bertz CT molecular complexity index is 476. The van der Waals surface area contributed by atoms with E-state index < -0.39 is 0 Å². The van der Waals surface area contributed by atoms with Crippen LogP contribution in [0, 0.1) is 5.41 Å². The standard InChI is InChI=1S/C20H30O2/c1-5-6-8-13-18(14-17-11-9-7-10-12-17)19-21-15-20(3,4)16(2)22-19/h7,9-12,14,16,19H,5-6,8,13,15H2,1-4H3/b18-14+. The first-order valence-corrected chi connectivity index (χ1v) is 8.55. The van der Waals surface area contributed by atoms with Gasteiger partial charge in [0, 0.05) is 5.41 Å². The molecule has 1 aromatic carbocycles. The summed E-state index contributed by atoms with van der Waals surface area (Å²) in [6.45, 7) is 9.54. The molecule has 2 unspecified atom stereocenters. The molecule has 1 fully saturated rings. The van der Waals surface area contributed by atoms with Gasteiger partial charge in [0.2, 0.25) is 0 Å². The summed E-state index contributed by atoms with van der Waals surface area (Å²) < 4.78 is 12.2. The lowest BCUT2D eigenvalue weighted by Gasteiger charge is -2.41. The van der Waals surface area contributed by atoms with Gasteiger partial charge in [-0.2, -0.15) is 0 Å². The Morgan fingerprint density at radius 1 is 1.23 bits per heavy atom. The first-order valence-electron chi connectivity index (χ1n) is 8.55. The lowest BCUT2D eigenvalue weighted by Crippen LogP contribution is -2.44. The van der Waals surface area contributed by atoms with Crippen molar-refractivity contribution in [2.24, 2.45) is 5.41 Å². The van der Waals surface area contributed by atoms with Crippen LogP contribution >= 0.6 is 0 Å². The summed E-state index contributed by atoms with van der Waals surface area (Å²) >= 11 is 0. The molecule has 1 saturated heterocycles. The van der Waals surface area contributed by atoms with Gasteiger partial charge < -0.3 is 9.47 Å². The van der Waals surface area contributed by atoms with E-state index in [4.69, 9.17) is 9.47 Å². The molecule has 2 atom stereocenters. The first kappa shape index (κ1) is 17.2. The van der Waals surface area contributed by atoms with Crippen LogP contribution in [-0.2, 0) is 9.47 Å². The molecule has 0 bridgehead atoms. The van der Waals surface area contributed by atoms with Crippen molar-refractivity contribution in [3.05, 3.63) is 41.5 Å². The summed E-state index contributed by atoms with van der Waals surface area (Å²) in [4.78, 5) is 0. The van der Waals surface area contributed by atoms with Crippen LogP contribution in [0.4, 0.5) is 0 Å². The number of ether oxygens (including phenoxy) is 2. The van der Waals surface area contributed by atoms with E-state index in [0.29, 0.717) is 0 Å². The summed E-state index contributed by atoms with van der Waals surface area (Å²) in [5.41, 5.74) is 2.57. The highest BCUT2D eigenvalue weighted by molar-refractivity contribution is 5.53. The Morgan fingerprint density at radius 2 is 1.95 bits per heavy atom.